The first-order valence-electron chi connectivity index (χ1n) is 2.73. The maximum atomic E-state index is 9.06. The molecule has 0 aromatic heterocycles. The van der Waals surface area contributed by atoms with E-state index in [1.165, 1.54) is 6.07 Å². The fraction of sp³-hybridized carbons (Fsp3) is 0. The molecule has 2 N–H and O–H groups in total. The normalized spacial score (nSPS) is 9.30. The summed E-state index contributed by atoms with van der Waals surface area (Å²) in [4.78, 5) is 0. The molecule has 0 spiro atoms. The van der Waals surface area contributed by atoms with Gasteiger partial charge in [-0.15, -0.1) is 0 Å². The number of nitrogens with one attached hydrogen (secondary N) is 1. The van der Waals surface area contributed by atoms with E-state index in [2.05, 4.69) is 0 Å². The lowest BCUT2D eigenvalue weighted by Gasteiger charge is -1.96. The highest BCUT2D eigenvalue weighted by molar-refractivity contribution is 6.30. The van der Waals surface area contributed by atoms with Crippen molar-refractivity contribution < 1.29 is 5.11 Å². The lowest BCUT2D eigenvalue weighted by molar-refractivity contribution is 0.474. The van der Waals surface area contributed by atoms with Crippen LogP contribution in [0.3, 0.4) is 0 Å². The number of phenols is 1. The van der Waals surface area contributed by atoms with Crippen LogP contribution >= 0.6 is 11.6 Å². The van der Waals surface area contributed by atoms with Gasteiger partial charge in [-0.05, 0) is 18.2 Å². The summed E-state index contributed by atoms with van der Waals surface area (Å²) in [6.45, 7) is 0. The van der Waals surface area contributed by atoms with Crippen LogP contribution in [-0.4, -0.2) is 11.3 Å². The Morgan fingerprint density at radius 1 is 1.50 bits per heavy atom. The molecule has 2 nitrogen and oxygen atoms in total. The quantitative estimate of drug-likeness (QED) is 0.599. The summed E-state index contributed by atoms with van der Waals surface area (Å²) < 4.78 is 0. The number of hydrogen-bond donors (Lipinski definition) is 2. The third kappa shape index (κ3) is 1.28. The molecule has 0 saturated heterocycles. The molecular weight excluding hydrogens is 150 g/mol. The minimum absolute atomic E-state index is 0.0440. The summed E-state index contributed by atoms with van der Waals surface area (Å²) in [6.07, 6.45) is 1.08. The van der Waals surface area contributed by atoms with Gasteiger partial charge >= 0.3 is 0 Å². The van der Waals surface area contributed by atoms with Crippen molar-refractivity contribution in [3.8, 4) is 5.75 Å². The van der Waals surface area contributed by atoms with Crippen LogP contribution in [0.15, 0.2) is 18.2 Å². The highest BCUT2D eigenvalue weighted by Gasteiger charge is 1.96. The van der Waals surface area contributed by atoms with Gasteiger partial charge in [-0.3, -0.25) is 0 Å². The van der Waals surface area contributed by atoms with Crippen molar-refractivity contribution in [1.29, 1.82) is 5.41 Å². The number of phenolic OH excluding ortho intramolecular Hbond substituents is 1. The fourth-order valence-corrected chi connectivity index (χ4v) is 0.805. The van der Waals surface area contributed by atoms with Crippen molar-refractivity contribution in [2.75, 3.05) is 0 Å². The first-order valence-corrected chi connectivity index (χ1v) is 3.11. The molecule has 1 rings (SSSR count). The van der Waals surface area contributed by atoms with Crippen LogP contribution in [-0.2, 0) is 0 Å². The van der Waals surface area contributed by atoms with Gasteiger partial charge in [0.25, 0.3) is 0 Å². The predicted octanol–water partition coefficient (Wildman–Crippen LogP) is 2.04. The molecule has 0 amide bonds. The second kappa shape index (κ2) is 2.71. The molecule has 0 aliphatic carbocycles. The van der Waals surface area contributed by atoms with E-state index in [0.29, 0.717) is 10.6 Å². The molecule has 52 valence electrons. The van der Waals surface area contributed by atoms with Crippen LogP contribution in [0, 0.1) is 5.41 Å². The number of benzene rings is 1. The van der Waals surface area contributed by atoms with Crippen molar-refractivity contribution in [3.63, 3.8) is 0 Å². The molecule has 0 radical (unpaired) electrons. The SMILES string of the molecule is N=Cc1ccc(Cl)cc1O. The Bertz CT molecular complexity index is 260. The van der Waals surface area contributed by atoms with Gasteiger partial charge in [-0.2, -0.15) is 0 Å². The summed E-state index contributed by atoms with van der Waals surface area (Å²) in [5, 5.41) is 16.4. The van der Waals surface area contributed by atoms with Gasteiger partial charge in [0.15, 0.2) is 0 Å². The van der Waals surface area contributed by atoms with E-state index in [1.54, 1.807) is 12.1 Å². The highest BCUT2D eigenvalue weighted by atomic mass is 35.5. The lowest BCUT2D eigenvalue weighted by atomic mass is 10.2. The maximum absolute atomic E-state index is 9.06. The third-order valence-electron chi connectivity index (χ3n) is 1.15. The van der Waals surface area contributed by atoms with Crippen molar-refractivity contribution in [2.45, 2.75) is 0 Å². The second-order valence-corrected chi connectivity index (χ2v) is 2.28. The zero-order valence-corrected chi connectivity index (χ0v) is 5.89. The van der Waals surface area contributed by atoms with E-state index in [0.717, 1.165) is 6.21 Å². The van der Waals surface area contributed by atoms with Crippen molar-refractivity contribution in [1.82, 2.24) is 0 Å². The van der Waals surface area contributed by atoms with Crippen molar-refractivity contribution in [3.05, 3.63) is 28.8 Å². The van der Waals surface area contributed by atoms with Gasteiger partial charge in [-0.25, -0.2) is 0 Å². The number of hydrogen-bond acceptors (Lipinski definition) is 2. The standard InChI is InChI=1S/C7H6ClNO/c8-6-2-1-5(4-9)7(10)3-6/h1-4,9-10H. The fourth-order valence-electron chi connectivity index (χ4n) is 0.639. The lowest BCUT2D eigenvalue weighted by Crippen LogP contribution is -1.78. The molecular formula is C7H6ClNO. The topological polar surface area (TPSA) is 44.1 Å². The summed E-state index contributed by atoms with van der Waals surface area (Å²) in [6, 6.07) is 4.62. The molecule has 0 saturated carbocycles. The summed E-state index contributed by atoms with van der Waals surface area (Å²) in [5.74, 6) is 0.0440. The van der Waals surface area contributed by atoms with Gasteiger partial charge in [0.2, 0.25) is 0 Å². The van der Waals surface area contributed by atoms with Gasteiger partial charge in [0.1, 0.15) is 5.75 Å². The average molecular weight is 156 g/mol. The van der Waals surface area contributed by atoms with Crippen LogP contribution in [0.4, 0.5) is 0 Å². The highest BCUT2D eigenvalue weighted by Crippen LogP contribution is 2.19. The second-order valence-electron chi connectivity index (χ2n) is 1.85. The summed E-state index contributed by atoms with van der Waals surface area (Å²) in [7, 11) is 0. The number of rotatable bonds is 1. The first kappa shape index (κ1) is 7.09. The molecule has 10 heavy (non-hydrogen) atoms. The number of halogens is 1. The van der Waals surface area contributed by atoms with E-state index in [9.17, 15) is 0 Å². The Balaban J connectivity index is 3.19. The Kier molecular flexibility index (Phi) is 1.92. The maximum Gasteiger partial charge on any atom is 0.125 e. The minimum Gasteiger partial charge on any atom is -0.507 e. The molecule has 0 aliphatic heterocycles. The average Bonchev–Trinajstić information content (AvgIpc) is 1.88. The Morgan fingerprint density at radius 3 is 2.70 bits per heavy atom. The zero-order chi connectivity index (χ0) is 7.56. The first-order chi connectivity index (χ1) is 4.74. The van der Waals surface area contributed by atoms with E-state index < -0.39 is 0 Å². The van der Waals surface area contributed by atoms with Crippen molar-refractivity contribution in [2.24, 2.45) is 0 Å². The van der Waals surface area contributed by atoms with Crippen LogP contribution in [0.2, 0.25) is 5.02 Å². The van der Waals surface area contributed by atoms with Crippen LogP contribution in [0.5, 0.6) is 5.75 Å². The molecule has 0 bridgehead atoms. The zero-order valence-electron chi connectivity index (χ0n) is 5.13. The van der Waals surface area contributed by atoms with Gasteiger partial charge in [0.05, 0.1) is 0 Å². The molecule has 0 fully saturated rings. The Labute approximate surface area is 63.6 Å². The van der Waals surface area contributed by atoms with E-state index in [4.69, 9.17) is 22.1 Å². The van der Waals surface area contributed by atoms with Crippen LogP contribution in [0.25, 0.3) is 0 Å². The Morgan fingerprint density at radius 2 is 2.20 bits per heavy atom. The predicted molar refractivity (Wildman–Crippen MR) is 41.0 cm³/mol. The van der Waals surface area contributed by atoms with E-state index in [1.807, 2.05) is 0 Å². The molecule has 0 unspecified atom stereocenters. The van der Waals surface area contributed by atoms with E-state index in [-0.39, 0.29) is 5.75 Å². The molecule has 3 heteroatoms. The number of aromatic hydroxyl groups is 1. The monoisotopic (exact) mass is 155 g/mol. The largest absolute Gasteiger partial charge is 0.507 e. The molecule has 1 aromatic rings. The smallest absolute Gasteiger partial charge is 0.125 e. The molecule has 1 aromatic carbocycles. The van der Waals surface area contributed by atoms with Gasteiger partial charge in [0, 0.05) is 16.8 Å². The minimum atomic E-state index is 0.0440. The van der Waals surface area contributed by atoms with Crippen molar-refractivity contribution >= 4 is 17.8 Å². The van der Waals surface area contributed by atoms with E-state index >= 15 is 0 Å². The summed E-state index contributed by atoms with van der Waals surface area (Å²) in [5.41, 5.74) is 0.476. The third-order valence-corrected chi connectivity index (χ3v) is 1.38. The Hall–Kier alpha value is -1.02. The van der Waals surface area contributed by atoms with Crippen LogP contribution < -0.4 is 0 Å². The molecule has 0 aliphatic rings. The summed E-state index contributed by atoms with van der Waals surface area (Å²) >= 11 is 5.54. The van der Waals surface area contributed by atoms with Crippen LogP contribution in [0.1, 0.15) is 5.56 Å². The molecule has 0 heterocycles. The van der Waals surface area contributed by atoms with Gasteiger partial charge in [-0.1, -0.05) is 11.6 Å². The van der Waals surface area contributed by atoms with Gasteiger partial charge < -0.3 is 10.5 Å². The molecule has 0 atom stereocenters.